The van der Waals surface area contributed by atoms with Crippen LogP contribution in [0.4, 0.5) is 0 Å². The number of para-hydroxylation sites is 2. The first-order valence-corrected chi connectivity index (χ1v) is 7.74. The molecule has 1 aliphatic heterocycles. The molecule has 0 bridgehead atoms. The maximum Gasteiger partial charge on any atom is 0.141 e. The Hall–Kier alpha value is -1.45. The topological polar surface area (TPSA) is 9.23 Å². The molecular weight excluding hydrogens is 266 g/mol. The first-order valence-electron chi connectivity index (χ1n) is 6.86. The average Bonchev–Trinajstić information content (AvgIpc) is 2.53. The van der Waals surface area contributed by atoms with Crippen LogP contribution >= 0.6 is 11.8 Å². The van der Waals surface area contributed by atoms with Crippen molar-refractivity contribution in [3.05, 3.63) is 54.1 Å². The van der Waals surface area contributed by atoms with E-state index in [0.717, 1.165) is 22.5 Å². The average molecular weight is 286 g/mol. The summed E-state index contributed by atoms with van der Waals surface area (Å²) < 4.78 is 7.06. The van der Waals surface area contributed by atoms with Crippen molar-refractivity contribution >= 4 is 11.8 Å². The van der Waals surface area contributed by atoms with Crippen molar-refractivity contribution in [2.45, 2.75) is 10.1 Å². The van der Waals surface area contributed by atoms with E-state index in [1.807, 2.05) is 30.0 Å². The highest BCUT2D eigenvalue weighted by atomic mass is 32.2. The zero-order chi connectivity index (χ0) is 14.2. The molecule has 0 aliphatic carbocycles. The van der Waals surface area contributed by atoms with Crippen molar-refractivity contribution < 1.29 is 9.22 Å². The normalized spacial score (nSPS) is 17.6. The summed E-state index contributed by atoms with van der Waals surface area (Å²) >= 11 is 1.91. The van der Waals surface area contributed by atoms with Crippen molar-refractivity contribution in [3.63, 3.8) is 0 Å². The van der Waals surface area contributed by atoms with Crippen molar-refractivity contribution in [3.8, 4) is 11.5 Å². The van der Waals surface area contributed by atoms with Gasteiger partial charge in [-0.1, -0.05) is 30.3 Å². The predicted octanol–water partition coefficient (Wildman–Crippen LogP) is 4.33. The fourth-order valence-corrected chi connectivity index (χ4v) is 3.97. The Balaban J connectivity index is 2.06. The summed E-state index contributed by atoms with van der Waals surface area (Å²) in [6, 6.07) is 16.7. The number of rotatable bonds is 2. The molecule has 0 amide bonds. The van der Waals surface area contributed by atoms with E-state index in [1.54, 1.807) is 0 Å². The molecule has 0 spiro atoms. The first-order chi connectivity index (χ1) is 9.53. The fourth-order valence-electron chi connectivity index (χ4n) is 2.44. The molecule has 0 saturated carbocycles. The van der Waals surface area contributed by atoms with Crippen LogP contribution in [0.25, 0.3) is 0 Å². The zero-order valence-electron chi connectivity index (χ0n) is 12.2. The molecule has 2 aromatic carbocycles. The Kier molecular flexibility index (Phi) is 3.48. The number of benzene rings is 2. The molecule has 3 heteroatoms. The van der Waals surface area contributed by atoms with E-state index >= 15 is 0 Å². The van der Waals surface area contributed by atoms with Crippen molar-refractivity contribution in [2.75, 3.05) is 27.7 Å². The highest BCUT2D eigenvalue weighted by Crippen LogP contribution is 2.48. The number of hydrogen-bond donors (Lipinski definition) is 0. The molecule has 1 atom stereocenters. The van der Waals surface area contributed by atoms with Crippen LogP contribution in [0.2, 0.25) is 0 Å². The summed E-state index contributed by atoms with van der Waals surface area (Å²) in [4.78, 5) is 1.22. The van der Waals surface area contributed by atoms with Gasteiger partial charge in [-0.15, -0.1) is 11.8 Å². The van der Waals surface area contributed by atoms with E-state index in [2.05, 4.69) is 51.5 Å². The minimum absolute atomic E-state index is 0.412. The standard InChI is InChI=1S/C17H20NOS/c1-18(2,3)12-17-13-8-4-5-9-14(13)19-15-10-6-7-11-16(15)20-17/h4-11,17H,12H2,1-3H3/q+1. The highest BCUT2D eigenvalue weighted by Gasteiger charge is 2.28. The molecule has 1 unspecified atom stereocenters. The van der Waals surface area contributed by atoms with Crippen molar-refractivity contribution in [1.29, 1.82) is 0 Å². The molecule has 2 aromatic rings. The van der Waals surface area contributed by atoms with E-state index in [9.17, 15) is 0 Å². The number of fused-ring (bicyclic) bond motifs is 2. The molecule has 0 fully saturated rings. The van der Waals surface area contributed by atoms with E-state index in [4.69, 9.17) is 4.74 Å². The van der Waals surface area contributed by atoms with Gasteiger partial charge in [0.15, 0.2) is 0 Å². The lowest BCUT2D eigenvalue weighted by molar-refractivity contribution is -0.870. The first kappa shape index (κ1) is 13.5. The molecule has 0 aromatic heterocycles. The van der Waals surface area contributed by atoms with Crippen LogP contribution in [-0.4, -0.2) is 32.2 Å². The minimum Gasteiger partial charge on any atom is -0.456 e. The van der Waals surface area contributed by atoms with Gasteiger partial charge in [-0.05, 0) is 18.2 Å². The van der Waals surface area contributed by atoms with E-state index in [-0.39, 0.29) is 0 Å². The summed E-state index contributed by atoms with van der Waals surface area (Å²) in [5.74, 6) is 1.96. The molecule has 3 rings (SSSR count). The largest absolute Gasteiger partial charge is 0.456 e. The molecular formula is C17H20NOS+. The lowest BCUT2D eigenvalue weighted by atomic mass is 10.1. The van der Waals surface area contributed by atoms with Crippen molar-refractivity contribution in [2.24, 2.45) is 0 Å². The molecule has 0 N–H and O–H groups in total. The van der Waals surface area contributed by atoms with Crippen LogP contribution in [0, 0.1) is 0 Å². The molecule has 0 saturated heterocycles. The third-order valence-electron chi connectivity index (χ3n) is 3.32. The summed E-state index contributed by atoms with van der Waals surface area (Å²) in [7, 11) is 6.71. The highest BCUT2D eigenvalue weighted by molar-refractivity contribution is 7.99. The molecule has 0 radical (unpaired) electrons. The van der Waals surface area contributed by atoms with E-state index in [1.165, 1.54) is 10.5 Å². The van der Waals surface area contributed by atoms with Gasteiger partial charge in [-0.3, -0.25) is 0 Å². The van der Waals surface area contributed by atoms with Gasteiger partial charge in [0.1, 0.15) is 11.5 Å². The summed E-state index contributed by atoms with van der Waals surface area (Å²) in [5, 5.41) is 0.412. The van der Waals surface area contributed by atoms with Gasteiger partial charge in [0.05, 0.1) is 37.8 Å². The minimum atomic E-state index is 0.412. The van der Waals surface area contributed by atoms with Crippen LogP contribution in [0.1, 0.15) is 10.8 Å². The number of ether oxygens (including phenoxy) is 1. The third kappa shape index (κ3) is 2.84. The van der Waals surface area contributed by atoms with Gasteiger partial charge < -0.3 is 9.22 Å². The van der Waals surface area contributed by atoms with Crippen LogP contribution in [-0.2, 0) is 0 Å². The van der Waals surface area contributed by atoms with Crippen LogP contribution in [0.5, 0.6) is 11.5 Å². The number of quaternary nitrogens is 1. The Bertz CT molecular complexity index is 618. The number of thioether (sulfide) groups is 1. The van der Waals surface area contributed by atoms with Gasteiger partial charge in [0, 0.05) is 5.56 Å². The fraction of sp³-hybridized carbons (Fsp3) is 0.294. The Morgan fingerprint density at radius 3 is 2.35 bits per heavy atom. The molecule has 2 nitrogen and oxygen atoms in total. The smallest absolute Gasteiger partial charge is 0.141 e. The number of likely N-dealkylation sites (N-methyl/N-ethyl adjacent to an activating group) is 1. The second-order valence-corrected chi connectivity index (χ2v) is 7.41. The van der Waals surface area contributed by atoms with Crippen LogP contribution in [0.3, 0.4) is 0 Å². The SMILES string of the molecule is C[N+](C)(C)CC1Sc2ccccc2Oc2ccccc21. The van der Waals surface area contributed by atoms with Gasteiger partial charge in [0.25, 0.3) is 0 Å². The predicted molar refractivity (Wildman–Crippen MR) is 84.5 cm³/mol. The van der Waals surface area contributed by atoms with Crippen LogP contribution in [0.15, 0.2) is 53.4 Å². The lowest BCUT2D eigenvalue weighted by Crippen LogP contribution is -2.37. The lowest BCUT2D eigenvalue weighted by Gasteiger charge is -2.28. The van der Waals surface area contributed by atoms with Gasteiger partial charge in [-0.2, -0.15) is 0 Å². The van der Waals surface area contributed by atoms with Crippen molar-refractivity contribution in [1.82, 2.24) is 0 Å². The second-order valence-electron chi connectivity index (χ2n) is 6.17. The zero-order valence-corrected chi connectivity index (χ0v) is 13.0. The Morgan fingerprint density at radius 1 is 0.950 bits per heavy atom. The van der Waals surface area contributed by atoms with Gasteiger partial charge in [0.2, 0.25) is 0 Å². The number of nitrogens with zero attached hydrogens (tertiary/aromatic N) is 1. The molecule has 1 aliphatic rings. The Labute approximate surface area is 125 Å². The quantitative estimate of drug-likeness (QED) is 0.760. The van der Waals surface area contributed by atoms with Gasteiger partial charge >= 0.3 is 0 Å². The van der Waals surface area contributed by atoms with E-state index < -0.39 is 0 Å². The number of hydrogen-bond acceptors (Lipinski definition) is 2. The molecule has 104 valence electrons. The van der Waals surface area contributed by atoms with E-state index in [0.29, 0.717) is 5.25 Å². The maximum absolute atomic E-state index is 6.12. The van der Waals surface area contributed by atoms with Crippen LogP contribution < -0.4 is 4.74 Å². The molecule has 20 heavy (non-hydrogen) atoms. The molecule has 1 heterocycles. The monoisotopic (exact) mass is 286 g/mol. The van der Waals surface area contributed by atoms with Gasteiger partial charge in [-0.25, -0.2) is 0 Å². The second kappa shape index (κ2) is 5.15. The Morgan fingerprint density at radius 2 is 1.60 bits per heavy atom. The maximum atomic E-state index is 6.12. The third-order valence-corrected chi connectivity index (χ3v) is 4.60. The summed E-state index contributed by atoms with van der Waals surface area (Å²) in [6.07, 6.45) is 0. The summed E-state index contributed by atoms with van der Waals surface area (Å²) in [6.45, 7) is 1.07. The summed E-state index contributed by atoms with van der Waals surface area (Å²) in [5.41, 5.74) is 1.29.